The highest BCUT2D eigenvalue weighted by Gasteiger charge is 2.17. The van der Waals surface area contributed by atoms with Gasteiger partial charge < -0.3 is 4.98 Å². The van der Waals surface area contributed by atoms with Gasteiger partial charge in [-0.2, -0.15) is 0 Å². The Morgan fingerprint density at radius 2 is 1.30 bits per heavy atom. The predicted octanol–water partition coefficient (Wildman–Crippen LogP) is 7.52. The van der Waals surface area contributed by atoms with Crippen molar-refractivity contribution in [3.63, 3.8) is 0 Å². The van der Waals surface area contributed by atoms with Crippen LogP contribution in [0.2, 0.25) is 0 Å². The van der Waals surface area contributed by atoms with Gasteiger partial charge in [0.25, 0.3) is 0 Å². The van der Waals surface area contributed by atoms with Crippen molar-refractivity contribution in [3.8, 4) is 0 Å². The molecule has 1 aromatic heterocycles. The summed E-state index contributed by atoms with van der Waals surface area (Å²) in [6, 6.07) is 24.9. The molecule has 0 unspecified atom stereocenters. The molecule has 1 heteroatoms. The molecule has 27 heavy (non-hydrogen) atoms. The Morgan fingerprint density at radius 3 is 2.07 bits per heavy atom. The van der Waals surface area contributed by atoms with Gasteiger partial charge in [0.15, 0.2) is 0 Å². The summed E-state index contributed by atoms with van der Waals surface area (Å²) in [6.45, 7) is 6.81. The van der Waals surface area contributed by atoms with Gasteiger partial charge >= 0.3 is 0 Å². The molecule has 5 aromatic carbocycles. The van der Waals surface area contributed by atoms with Crippen LogP contribution >= 0.6 is 0 Å². The van der Waals surface area contributed by atoms with E-state index in [1.54, 1.807) is 0 Å². The normalized spacial score (nSPS) is 13.0. The minimum Gasteiger partial charge on any atom is -0.354 e. The van der Waals surface area contributed by atoms with E-state index >= 15 is 0 Å². The minimum absolute atomic E-state index is 0.148. The molecule has 6 rings (SSSR count). The van der Waals surface area contributed by atoms with Gasteiger partial charge in [-0.3, -0.25) is 0 Å². The molecule has 0 saturated carbocycles. The van der Waals surface area contributed by atoms with Gasteiger partial charge in [0, 0.05) is 21.8 Å². The summed E-state index contributed by atoms with van der Waals surface area (Å²) in [5.74, 6) is 0. The molecule has 0 aliphatic heterocycles. The van der Waals surface area contributed by atoms with Crippen LogP contribution in [0.1, 0.15) is 26.3 Å². The molecule has 0 radical (unpaired) electrons. The fraction of sp³-hybridized carbons (Fsp3) is 0.154. The third-order valence-electron chi connectivity index (χ3n) is 6.07. The van der Waals surface area contributed by atoms with Crippen LogP contribution in [0.3, 0.4) is 0 Å². The molecule has 0 saturated heterocycles. The zero-order valence-corrected chi connectivity index (χ0v) is 15.9. The molecule has 0 spiro atoms. The summed E-state index contributed by atoms with van der Waals surface area (Å²) in [7, 11) is 0. The Balaban J connectivity index is 1.85. The zero-order valence-electron chi connectivity index (χ0n) is 15.9. The molecule has 1 N–H and O–H groups in total. The maximum absolute atomic E-state index is 3.69. The number of hydrogen-bond acceptors (Lipinski definition) is 0. The minimum atomic E-state index is 0.148. The number of H-pyrrole nitrogens is 1. The van der Waals surface area contributed by atoms with E-state index in [4.69, 9.17) is 0 Å². The van der Waals surface area contributed by atoms with Crippen molar-refractivity contribution in [3.05, 3.63) is 72.3 Å². The molecule has 130 valence electrons. The van der Waals surface area contributed by atoms with Crippen molar-refractivity contribution in [2.24, 2.45) is 0 Å². The van der Waals surface area contributed by atoms with Crippen molar-refractivity contribution in [2.45, 2.75) is 26.2 Å². The van der Waals surface area contributed by atoms with Crippen LogP contribution in [-0.2, 0) is 5.41 Å². The Bertz CT molecular complexity index is 1480. The number of benzene rings is 5. The van der Waals surface area contributed by atoms with Gasteiger partial charge in [-0.1, -0.05) is 75.4 Å². The fourth-order valence-electron chi connectivity index (χ4n) is 4.68. The lowest BCUT2D eigenvalue weighted by Crippen LogP contribution is -2.10. The maximum atomic E-state index is 3.69. The van der Waals surface area contributed by atoms with Crippen molar-refractivity contribution >= 4 is 54.1 Å². The smallest absolute Gasteiger partial charge is 0.0477 e. The summed E-state index contributed by atoms with van der Waals surface area (Å²) >= 11 is 0. The van der Waals surface area contributed by atoms with Crippen molar-refractivity contribution in [2.75, 3.05) is 0 Å². The fourth-order valence-corrected chi connectivity index (χ4v) is 4.68. The Hall–Kier alpha value is -3.06. The van der Waals surface area contributed by atoms with E-state index in [9.17, 15) is 0 Å². The lowest BCUT2D eigenvalue weighted by Gasteiger charge is -2.18. The number of nitrogens with one attached hydrogen (secondary N) is 1. The van der Waals surface area contributed by atoms with Gasteiger partial charge in [-0.25, -0.2) is 0 Å². The summed E-state index contributed by atoms with van der Waals surface area (Å²) in [5.41, 5.74) is 3.97. The molecule has 0 amide bonds. The predicted molar refractivity (Wildman–Crippen MR) is 118 cm³/mol. The zero-order chi connectivity index (χ0) is 18.3. The van der Waals surface area contributed by atoms with Crippen molar-refractivity contribution in [1.82, 2.24) is 4.98 Å². The first-order chi connectivity index (χ1) is 13.0. The van der Waals surface area contributed by atoms with Crippen LogP contribution in [0.25, 0.3) is 54.1 Å². The van der Waals surface area contributed by atoms with E-state index in [1.807, 2.05) is 0 Å². The Labute approximate surface area is 157 Å². The Morgan fingerprint density at radius 1 is 0.593 bits per heavy atom. The molecule has 0 atom stereocenters. The molecular formula is C26H21N. The molecule has 0 aliphatic carbocycles. The monoisotopic (exact) mass is 347 g/mol. The first kappa shape index (κ1) is 15.0. The average molecular weight is 347 g/mol. The average Bonchev–Trinajstić information content (AvgIpc) is 3.02. The van der Waals surface area contributed by atoms with Gasteiger partial charge in [0.1, 0.15) is 0 Å². The molecule has 0 fully saturated rings. The molecule has 1 nitrogen and oxygen atoms in total. The number of rotatable bonds is 0. The molecular weight excluding hydrogens is 326 g/mol. The van der Waals surface area contributed by atoms with Crippen LogP contribution in [0.4, 0.5) is 0 Å². The summed E-state index contributed by atoms with van der Waals surface area (Å²) in [4.78, 5) is 3.69. The number of aromatic nitrogens is 1. The van der Waals surface area contributed by atoms with Crippen LogP contribution in [0, 0.1) is 0 Å². The van der Waals surface area contributed by atoms with E-state index in [-0.39, 0.29) is 5.41 Å². The highest BCUT2D eigenvalue weighted by molar-refractivity contribution is 6.32. The second kappa shape index (κ2) is 4.80. The first-order valence-electron chi connectivity index (χ1n) is 9.63. The second-order valence-electron chi connectivity index (χ2n) is 8.79. The largest absolute Gasteiger partial charge is 0.354 e. The Kier molecular flexibility index (Phi) is 2.68. The van der Waals surface area contributed by atoms with E-state index in [2.05, 4.69) is 92.5 Å². The van der Waals surface area contributed by atoms with Crippen LogP contribution in [-0.4, -0.2) is 4.98 Å². The van der Waals surface area contributed by atoms with Gasteiger partial charge in [-0.15, -0.1) is 0 Å². The third-order valence-corrected chi connectivity index (χ3v) is 6.07. The first-order valence-corrected chi connectivity index (χ1v) is 9.63. The molecule has 0 aliphatic rings. The maximum Gasteiger partial charge on any atom is 0.0477 e. The number of aromatic amines is 1. The summed E-state index contributed by atoms with van der Waals surface area (Å²) in [6.07, 6.45) is 0. The number of fused-ring (bicyclic) bond motifs is 4. The van der Waals surface area contributed by atoms with E-state index in [0.29, 0.717) is 0 Å². The number of hydrogen-bond donors (Lipinski definition) is 1. The van der Waals surface area contributed by atoms with Gasteiger partial charge in [0.05, 0.1) is 0 Å². The highest BCUT2D eigenvalue weighted by Crippen LogP contribution is 2.41. The quantitative estimate of drug-likeness (QED) is 0.274. The van der Waals surface area contributed by atoms with E-state index in [1.165, 1.54) is 59.7 Å². The third kappa shape index (κ3) is 1.94. The van der Waals surface area contributed by atoms with Crippen LogP contribution in [0.15, 0.2) is 66.7 Å². The van der Waals surface area contributed by atoms with Crippen molar-refractivity contribution < 1.29 is 0 Å². The van der Waals surface area contributed by atoms with E-state index in [0.717, 1.165) is 0 Å². The SMILES string of the molecule is CC(C)(C)c1ccc2c(c1)[nH]c1cc3ccc4cccc5ccc(c12)c3c45. The molecule has 6 aromatic rings. The topological polar surface area (TPSA) is 15.8 Å². The summed E-state index contributed by atoms with van der Waals surface area (Å²) in [5, 5.41) is 10.7. The van der Waals surface area contributed by atoms with Gasteiger partial charge in [-0.05, 0) is 55.4 Å². The van der Waals surface area contributed by atoms with Crippen molar-refractivity contribution in [1.29, 1.82) is 0 Å². The summed E-state index contributed by atoms with van der Waals surface area (Å²) < 4.78 is 0. The second-order valence-corrected chi connectivity index (χ2v) is 8.79. The van der Waals surface area contributed by atoms with Gasteiger partial charge in [0.2, 0.25) is 0 Å². The van der Waals surface area contributed by atoms with Crippen LogP contribution in [0.5, 0.6) is 0 Å². The van der Waals surface area contributed by atoms with E-state index < -0.39 is 0 Å². The lowest BCUT2D eigenvalue weighted by molar-refractivity contribution is 0.591. The molecule has 1 heterocycles. The molecule has 0 bridgehead atoms. The lowest BCUT2D eigenvalue weighted by atomic mass is 9.86. The highest BCUT2D eigenvalue weighted by atomic mass is 14.7. The standard InChI is InChI=1S/C26H21N/c1-26(2,3)18-10-12-19-21(14-18)27-22-13-17-8-7-15-5-4-6-16-9-11-20(25(19)22)24(17)23(15)16/h4-14,27H,1-3H3. The van der Waals surface area contributed by atoms with Crippen LogP contribution < -0.4 is 0 Å².